The molecule has 2 nitrogen and oxygen atoms in total. The van der Waals surface area contributed by atoms with E-state index in [-0.39, 0.29) is 0 Å². The molecule has 84 valence electrons. The molecule has 0 fully saturated rings. The second kappa shape index (κ2) is 5.17. The van der Waals surface area contributed by atoms with Crippen molar-refractivity contribution in [3.05, 3.63) is 29.8 Å². The van der Waals surface area contributed by atoms with E-state index in [9.17, 15) is 0 Å². The molecule has 0 heterocycles. The van der Waals surface area contributed by atoms with Crippen LogP contribution in [0.5, 0.6) is 0 Å². The van der Waals surface area contributed by atoms with Crippen LogP contribution in [0.2, 0.25) is 0 Å². The molecule has 0 bridgehead atoms. The molecule has 1 rings (SSSR count). The van der Waals surface area contributed by atoms with Gasteiger partial charge in [-0.25, -0.2) is 0 Å². The number of likely N-dealkylation sites (N-methyl/N-ethyl adjacent to an activating group) is 1. The summed E-state index contributed by atoms with van der Waals surface area (Å²) in [4.78, 5) is 2.28. The number of hydrogen-bond donors (Lipinski definition) is 1. The minimum Gasteiger partial charge on any atom is -0.370 e. The van der Waals surface area contributed by atoms with Gasteiger partial charge >= 0.3 is 0 Å². The molecule has 0 aliphatic heterocycles. The SMILES string of the molecule is Cc1cccc(N(C)C(CN)C(C)C)c1. The zero-order valence-electron chi connectivity index (χ0n) is 10.2. The molecule has 1 atom stereocenters. The Labute approximate surface area is 93.1 Å². The molecule has 1 aromatic carbocycles. The fraction of sp³-hybridized carbons (Fsp3) is 0.538. The third-order valence-corrected chi connectivity index (χ3v) is 2.92. The lowest BCUT2D eigenvalue weighted by molar-refractivity contribution is 0.480. The largest absolute Gasteiger partial charge is 0.370 e. The Hall–Kier alpha value is -1.02. The van der Waals surface area contributed by atoms with Crippen LogP contribution in [0, 0.1) is 12.8 Å². The standard InChI is InChI=1S/C13H22N2/c1-10(2)13(9-14)15(4)12-7-5-6-11(3)8-12/h5-8,10,13H,9,14H2,1-4H3. The van der Waals surface area contributed by atoms with Crippen molar-refractivity contribution in [1.82, 2.24) is 0 Å². The number of nitrogens with zero attached hydrogens (tertiary/aromatic N) is 1. The van der Waals surface area contributed by atoms with Gasteiger partial charge in [-0.1, -0.05) is 26.0 Å². The molecule has 0 aromatic heterocycles. The number of benzene rings is 1. The predicted molar refractivity (Wildman–Crippen MR) is 67.3 cm³/mol. The molecule has 0 aliphatic rings. The molecular weight excluding hydrogens is 184 g/mol. The summed E-state index contributed by atoms with van der Waals surface area (Å²) in [6.07, 6.45) is 0. The van der Waals surface area contributed by atoms with Crippen LogP contribution in [-0.2, 0) is 0 Å². The van der Waals surface area contributed by atoms with Gasteiger partial charge < -0.3 is 10.6 Å². The summed E-state index contributed by atoms with van der Waals surface area (Å²) in [7, 11) is 2.12. The van der Waals surface area contributed by atoms with Gasteiger partial charge in [-0.3, -0.25) is 0 Å². The highest BCUT2D eigenvalue weighted by atomic mass is 15.1. The zero-order chi connectivity index (χ0) is 11.4. The van der Waals surface area contributed by atoms with Crippen molar-refractivity contribution in [3.63, 3.8) is 0 Å². The van der Waals surface area contributed by atoms with E-state index in [0.29, 0.717) is 18.5 Å². The molecule has 0 spiro atoms. The van der Waals surface area contributed by atoms with E-state index < -0.39 is 0 Å². The highest BCUT2D eigenvalue weighted by Crippen LogP contribution is 2.19. The lowest BCUT2D eigenvalue weighted by atomic mass is 10.0. The number of anilines is 1. The molecule has 15 heavy (non-hydrogen) atoms. The summed E-state index contributed by atoms with van der Waals surface area (Å²) >= 11 is 0. The summed E-state index contributed by atoms with van der Waals surface area (Å²) in [5, 5.41) is 0. The molecule has 0 amide bonds. The first kappa shape index (κ1) is 12.1. The Morgan fingerprint density at radius 1 is 1.33 bits per heavy atom. The molecule has 0 aliphatic carbocycles. The van der Waals surface area contributed by atoms with E-state index in [1.807, 2.05) is 0 Å². The lowest BCUT2D eigenvalue weighted by Crippen LogP contribution is -2.41. The second-order valence-electron chi connectivity index (χ2n) is 4.50. The second-order valence-corrected chi connectivity index (χ2v) is 4.50. The highest BCUT2D eigenvalue weighted by molar-refractivity contribution is 5.48. The molecule has 0 saturated carbocycles. The van der Waals surface area contributed by atoms with Crippen LogP contribution in [0.25, 0.3) is 0 Å². The summed E-state index contributed by atoms with van der Waals surface area (Å²) in [6, 6.07) is 8.95. The van der Waals surface area contributed by atoms with Crippen LogP contribution < -0.4 is 10.6 Å². The van der Waals surface area contributed by atoms with E-state index >= 15 is 0 Å². The van der Waals surface area contributed by atoms with Crippen molar-refractivity contribution in [2.75, 3.05) is 18.5 Å². The summed E-state index contributed by atoms with van der Waals surface area (Å²) < 4.78 is 0. The van der Waals surface area contributed by atoms with E-state index in [0.717, 1.165) is 0 Å². The topological polar surface area (TPSA) is 29.3 Å². The summed E-state index contributed by atoms with van der Waals surface area (Å²) in [5.74, 6) is 0.570. The minimum atomic E-state index is 0.409. The van der Waals surface area contributed by atoms with Gasteiger partial charge in [-0.15, -0.1) is 0 Å². The normalized spacial score (nSPS) is 12.9. The zero-order valence-corrected chi connectivity index (χ0v) is 10.2. The maximum Gasteiger partial charge on any atom is 0.0431 e. The molecule has 2 heteroatoms. The maximum absolute atomic E-state index is 5.81. The molecule has 1 unspecified atom stereocenters. The molecule has 0 radical (unpaired) electrons. The Kier molecular flexibility index (Phi) is 4.15. The quantitative estimate of drug-likeness (QED) is 0.819. The van der Waals surface area contributed by atoms with Gasteiger partial charge in [-0.05, 0) is 30.5 Å². The number of aryl methyl sites for hydroxylation is 1. The monoisotopic (exact) mass is 206 g/mol. The van der Waals surface area contributed by atoms with Gasteiger partial charge in [0.25, 0.3) is 0 Å². The van der Waals surface area contributed by atoms with E-state index in [4.69, 9.17) is 5.73 Å². The van der Waals surface area contributed by atoms with E-state index in [1.54, 1.807) is 0 Å². The van der Waals surface area contributed by atoms with Crippen molar-refractivity contribution in [2.24, 2.45) is 11.7 Å². The van der Waals surface area contributed by atoms with Crippen molar-refractivity contribution in [3.8, 4) is 0 Å². The van der Waals surface area contributed by atoms with Gasteiger partial charge in [0.1, 0.15) is 0 Å². The van der Waals surface area contributed by atoms with Crippen molar-refractivity contribution >= 4 is 5.69 Å². The van der Waals surface area contributed by atoms with Crippen LogP contribution in [0.15, 0.2) is 24.3 Å². The highest BCUT2D eigenvalue weighted by Gasteiger charge is 2.17. The van der Waals surface area contributed by atoms with Gasteiger partial charge in [0.2, 0.25) is 0 Å². The predicted octanol–water partition coefficient (Wildman–Crippen LogP) is 2.41. The van der Waals surface area contributed by atoms with Crippen LogP contribution in [-0.4, -0.2) is 19.6 Å². The average Bonchev–Trinajstić information content (AvgIpc) is 2.18. The lowest BCUT2D eigenvalue weighted by Gasteiger charge is -2.32. The van der Waals surface area contributed by atoms with Gasteiger partial charge in [0.15, 0.2) is 0 Å². The third-order valence-electron chi connectivity index (χ3n) is 2.92. The fourth-order valence-electron chi connectivity index (χ4n) is 1.92. The van der Waals surface area contributed by atoms with Gasteiger partial charge in [0.05, 0.1) is 0 Å². The summed E-state index contributed by atoms with van der Waals surface area (Å²) in [6.45, 7) is 7.24. The Morgan fingerprint density at radius 3 is 2.47 bits per heavy atom. The van der Waals surface area contributed by atoms with Crippen LogP contribution in [0.4, 0.5) is 5.69 Å². The first-order valence-corrected chi connectivity index (χ1v) is 5.55. The maximum atomic E-state index is 5.81. The number of hydrogen-bond acceptors (Lipinski definition) is 2. The molecule has 0 saturated heterocycles. The van der Waals surface area contributed by atoms with Crippen molar-refractivity contribution < 1.29 is 0 Å². The van der Waals surface area contributed by atoms with Crippen molar-refractivity contribution in [1.29, 1.82) is 0 Å². The van der Waals surface area contributed by atoms with E-state index in [1.165, 1.54) is 11.3 Å². The Morgan fingerprint density at radius 2 is 2.00 bits per heavy atom. The first-order valence-electron chi connectivity index (χ1n) is 5.55. The fourth-order valence-corrected chi connectivity index (χ4v) is 1.92. The van der Waals surface area contributed by atoms with Crippen molar-refractivity contribution in [2.45, 2.75) is 26.8 Å². The smallest absolute Gasteiger partial charge is 0.0431 e. The minimum absolute atomic E-state index is 0.409. The summed E-state index contributed by atoms with van der Waals surface area (Å²) in [5.41, 5.74) is 8.35. The molecule has 2 N–H and O–H groups in total. The molecule has 1 aromatic rings. The van der Waals surface area contributed by atoms with Gasteiger partial charge in [-0.2, -0.15) is 0 Å². The van der Waals surface area contributed by atoms with Gasteiger partial charge in [0, 0.05) is 25.3 Å². The van der Waals surface area contributed by atoms with Crippen LogP contribution in [0.1, 0.15) is 19.4 Å². The number of nitrogens with two attached hydrogens (primary N) is 1. The number of rotatable bonds is 4. The average molecular weight is 206 g/mol. The Balaban J connectivity index is 2.87. The van der Waals surface area contributed by atoms with Crippen LogP contribution >= 0.6 is 0 Å². The van der Waals surface area contributed by atoms with E-state index in [2.05, 4.69) is 57.0 Å². The third kappa shape index (κ3) is 2.96. The first-order chi connectivity index (χ1) is 7.06. The Bertz CT molecular complexity index is 307. The molecular formula is C13H22N2. The van der Waals surface area contributed by atoms with Crippen LogP contribution in [0.3, 0.4) is 0 Å².